The van der Waals surface area contributed by atoms with Crippen molar-refractivity contribution in [3.05, 3.63) is 58.1 Å². The second-order valence-corrected chi connectivity index (χ2v) is 10.3. The Morgan fingerprint density at radius 3 is 2.41 bits per heavy atom. The number of hydrogen-bond donors (Lipinski definition) is 2. The number of rotatable bonds is 9. The van der Waals surface area contributed by atoms with Crippen LogP contribution in [0.5, 0.6) is 5.75 Å². The van der Waals surface area contributed by atoms with Crippen LogP contribution in [0, 0.1) is 12.8 Å². The molecular weight excluding hydrogens is 498 g/mol. The lowest BCUT2D eigenvalue weighted by atomic mass is 10.0. The molecule has 0 radical (unpaired) electrons. The molecule has 1 atom stereocenters. The van der Waals surface area contributed by atoms with Crippen LogP contribution in [0.2, 0.25) is 0 Å². The summed E-state index contributed by atoms with van der Waals surface area (Å²) in [7, 11) is -3.90. The second-order valence-electron chi connectivity index (χ2n) is 7.63. The van der Waals surface area contributed by atoms with Gasteiger partial charge in [-0.05, 0) is 49.6 Å². The number of aryl methyl sites for hydroxylation is 1. The highest BCUT2D eigenvalue weighted by Gasteiger charge is 2.26. The van der Waals surface area contributed by atoms with Crippen LogP contribution < -0.4 is 14.9 Å². The van der Waals surface area contributed by atoms with Crippen molar-refractivity contribution in [2.45, 2.75) is 45.1 Å². The molecule has 0 aliphatic heterocycles. The fraction of sp³-hybridized carbons (Fsp3) is 0.318. The monoisotopic (exact) mass is 523 g/mol. The molecule has 2 rings (SSSR count). The van der Waals surface area contributed by atoms with Gasteiger partial charge in [-0.1, -0.05) is 47.5 Å². The van der Waals surface area contributed by atoms with Gasteiger partial charge in [-0.15, -0.1) is 0 Å². The van der Waals surface area contributed by atoms with E-state index in [1.165, 1.54) is 25.3 Å². The minimum absolute atomic E-state index is 0.0519. The number of hydrogen-bond acceptors (Lipinski definition) is 6. The zero-order valence-electron chi connectivity index (χ0n) is 18.3. The topological polar surface area (TPSA) is 114 Å². The van der Waals surface area contributed by atoms with E-state index in [1.807, 2.05) is 20.8 Å². The standard InChI is InChI=1S/C22H26BrN3O5S/c1-14(2)11-20(26-32(29,30)19-8-5-15(3)6-9-19)22(28)25-24-13-17-12-18(23)7-10-21(17)31-16(4)27/h5-10,12-14,20,26H,11H2,1-4H3,(H,25,28)/b24-13-/t20-/m1/s1. The van der Waals surface area contributed by atoms with Gasteiger partial charge in [0.15, 0.2) is 0 Å². The van der Waals surface area contributed by atoms with E-state index in [0.29, 0.717) is 5.56 Å². The molecule has 2 N–H and O–H groups in total. The van der Waals surface area contributed by atoms with E-state index < -0.39 is 27.9 Å². The molecule has 0 fully saturated rings. The van der Waals surface area contributed by atoms with E-state index in [4.69, 9.17) is 4.74 Å². The summed E-state index contributed by atoms with van der Waals surface area (Å²) in [5.41, 5.74) is 3.75. The Hall–Kier alpha value is -2.56. The third-order valence-electron chi connectivity index (χ3n) is 4.26. The fourth-order valence-corrected chi connectivity index (χ4v) is 4.35. The summed E-state index contributed by atoms with van der Waals surface area (Å²) < 4.78 is 33.8. The van der Waals surface area contributed by atoms with Gasteiger partial charge < -0.3 is 4.74 Å². The first-order valence-corrected chi connectivity index (χ1v) is 12.2. The van der Waals surface area contributed by atoms with Crippen LogP contribution in [0.3, 0.4) is 0 Å². The Morgan fingerprint density at radius 2 is 1.81 bits per heavy atom. The van der Waals surface area contributed by atoms with Gasteiger partial charge in [0.1, 0.15) is 11.8 Å². The quantitative estimate of drug-likeness (QED) is 0.226. The SMILES string of the molecule is CC(=O)Oc1ccc(Br)cc1/C=N\NC(=O)[C@@H](CC(C)C)NS(=O)(=O)c1ccc(C)cc1. The average Bonchev–Trinajstić information content (AvgIpc) is 2.69. The minimum atomic E-state index is -3.90. The molecule has 32 heavy (non-hydrogen) atoms. The van der Waals surface area contributed by atoms with Crippen molar-refractivity contribution in [2.24, 2.45) is 11.0 Å². The van der Waals surface area contributed by atoms with Gasteiger partial charge in [-0.3, -0.25) is 9.59 Å². The third-order valence-corrected chi connectivity index (χ3v) is 6.24. The number of amides is 1. The molecule has 2 aromatic carbocycles. The van der Waals surface area contributed by atoms with Crippen LogP contribution in [0.1, 0.15) is 38.3 Å². The number of sulfonamides is 1. The smallest absolute Gasteiger partial charge is 0.308 e. The van der Waals surface area contributed by atoms with E-state index in [0.717, 1.165) is 10.0 Å². The number of hydrazone groups is 1. The Morgan fingerprint density at radius 1 is 1.16 bits per heavy atom. The van der Waals surface area contributed by atoms with Crippen LogP contribution in [0.15, 0.2) is 56.9 Å². The van der Waals surface area contributed by atoms with Crippen molar-refractivity contribution in [3.63, 3.8) is 0 Å². The summed E-state index contributed by atoms with van der Waals surface area (Å²) >= 11 is 3.33. The van der Waals surface area contributed by atoms with Crippen molar-refractivity contribution in [2.75, 3.05) is 0 Å². The largest absolute Gasteiger partial charge is 0.426 e. The van der Waals surface area contributed by atoms with Crippen LogP contribution >= 0.6 is 15.9 Å². The maximum absolute atomic E-state index is 12.7. The number of benzene rings is 2. The van der Waals surface area contributed by atoms with E-state index in [2.05, 4.69) is 31.2 Å². The van der Waals surface area contributed by atoms with Crippen LogP contribution in [0.4, 0.5) is 0 Å². The fourth-order valence-electron chi connectivity index (χ4n) is 2.76. The summed E-state index contributed by atoms with van der Waals surface area (Å²) in [6.45, 7) is 6.91. The highest BCUT2D eigenvalue weighted by atomic mass is 79.9. The number of nitrogens with one attached hydrogen (secondary N) is 2. The molecule has 0 saturated carbocycles. The lowest BCUT2D eigenvalue weighted by molar-refractivity contribution is -0.132. The van der Waals surface area contributed by atoms with E-state index in [-0.39, 0.29) is 23.0 Å². The predicted octanol–water partition coefficient (Wildman–Crippen LogP) is 3.53. The number of esters is 1. The Bertz CT molecular complexity index is 1100. The Kier molecular flexibility index (Phi) is 9.11. The molecule has 0 heterocycles. The van der Waals surface area contributed by atoms with Gasteiger partial charge >= 0.3 is 5.97 Å². The first-order valence-electron chi connectivity index (χ1n) is 9.88. The van der Waals surface area contributed by atoms with Crippen molar-refractivity contribution in [1.82, 2.24) is 10.1 Å². The zero-order valence-corrected chi connectivity index (χ0v) is 20.7. The molecule has 172 valence electrons. The molecule has 0 saturated heterocycles. The highest BCUT2D eigenvalue weighted by molar-refractivity contribution is 9.10. The van der Waals surface area contributed by atoms with Crippen molar-refractivity contribution in [1.29, 1.82) is 0 Å². The van der Waals surface area contributed by atoms with Crippen LogP contribution in [0.25, 0.3) is 0 Å². The van der Waals surface area contributed by atoms with Crippen LogP contribution in [-0.2, 0) is 19.6 Å². The number of ether oxygens (including phenoxy) is 1. The number of halogens is 1. The summed E-state index contributed by atoms with van der Waals surface area (Å²) in [4.78, 5) is 24.1. The summed E-state index contributed by atoms with van der Waals surface area (Å²) in [5.74, 6) is -0.767. The maximum Gasteiger partial charge on any atom is 0.308 e. The van der Waals surface area contributed by atoms with Gasteiger partial charge in [0, 0.05) is 17.0 Å². The first-order chi connectivity index (χ1) is 15.0. The molecule has 10 heteroatoms. The summed E-state index contributed by atoms with van der Waals surface area (Å²) in [6.07, 6.45) is 1.60. The van der Waals surface area contributed by atoms with Gasteiger partial charge in [0.25, 0.3) is 5.91 Å². The molecule has 8 nitrogen and oxygen atoms in total. The van der Waals surface area contributed by atoms with Crippen LogP contribution in [-0.4, -0.2) is 32.6 Å². The molecule has 0 aliphatic rings. The van der Waals surface area contributed by atoms with Gasteiger partial charge in [-0.25, -0.2) is 13.8 Å². The third kappa shape index (κ3) is 7.85. The molecule has 0 aromatic heterocycles. The van der Waals surface area contributed by atoms with Crippen molar-refractivity contribution in [3.8, 4) is 5.75 Å². The van der Waals surface area contributed by atoms with Gasteiger partial charge in [-0.2, -0.15) is 9.82 Å². The molecule has 0 bridgehead atoms. The first kappa shape index (κ1) is 25.7. The second kappa shape index (κ2) is 11.3. The van der Waals surface area contributed by atoms with E-state index >= 15 is 0 Å². The molecule has 0 spiro atoms. The Labute approximate surface area is 196 Å². The van der Waals surface area contributed by atoms with E-state index in [9.17, 15) is 18.0 Å². The Balaban J connectivity index is 2.17. The summed E-state index contributed by atoms with van der Waals surface area (Å²) in [6, 6.07) is 10.3. The predicted molar refractivity (Wildman–Crippen MR) is 126 cm³/mol. The molecule has 0 aliphatic carbocycles. The van der Waals surface area contributed by atoms with Crippen molar-refractivity contribution >= 4 is 44.0 Å². The van der Waals surface area contributed by atoms with Gasteiger partial charge in [0.2, 0.25) is 10.0 Å². The molecule has 1 amide bonds. The lowest BCUT2D eigenvalue weighted by Gasteiger charge is -2.19. The lowest BCUT2D eigenvalue weighted by Crippen LogP contribution is -2.46. The van der Waals surface area contributed by atoms with Crippen molar-refractivity contribution < 1.29 is 22.7 Å². The zero-order chi connectivity index (χ0) is 23.9. The maximum atomic E-state index is 12.7. The minimum Gasteiger partial charge on any atom is -0.426 e. The number of nitrogens with zero attached hydrogens (tertiary/aromatic N) is 1. The summed E-state index contributed by atoms with van der Waals surface area (Å²) in [5, 5.41) is 3.92. The molecule has 0 unspecified atom stereocenters. The highest BCUT2D eigenvalue weighted by Crippen LogP contribution is 2.22. The number of carbonyl (C=O) groups excluding carboxylic acids is 2. The molecule has 2 aromatic rings. The normalized spacial score (nSPS) is 12.7. The van der Waals surface area contributed by atoms with E-state index in [1.54, 1.807) is 30.3 Å². The van der Waals surface area contributed by atoms with Gasteiger partial charge in [0.05, 0.1) is 11.1 Å². The number of carbonyl (C=O) groups is 2. The average molecular weight is 524 g/mol. The molecular formula is C22H26BrN3O5S.